The van der Waals surface area contributed by atoms with Gasteiger partial charge < -0.3 is 10.2 Å². The highest BCUT2D eigenvalue weighted by molar-refractivity contribution is 7.17. The molecule has 1 unspecified atom stereocenters. The van der Waals surface area contributed by atoms with E-state index in [1.807, 2.05) is 29.4 Å². The van der Waals surface area contributed by atoms with Crippen LogP contribution in [0.2, 0.25) is 0 Å². The van der Waals surface area contributed by atoms with Gasteiger partial charge in [-0.05, 0) is 59.4 Å². The van der Waals surface area contributed by atoms with E-state index in [0.29, 0.717) is 6.54 Å². The molecule has 1 fully saturated rings. The molecule has 0 aliphatic carbocycles. The summed E-state index contributed by atoms with van der Waals surface area (Å²) in [4.78, 5) is 19.1. The number of fused-ring (bicyclic) bond motifs is 1. The lowest BCUT2D eigenvalue weighted by atomic mass is 10.0. The Bertz CT molecular complexity index is 893. The summed E-state index contributed by atoms with van der Waals surface area (Å²) in [5.74, 6) is 0. The van der Waals surface area contributed by atoms with Gasteiger partial charge in [0.15, 0.2) is 0 Å². The maximum atomic E-state index is 12.9. The number of likely N-dealkylation sites (tertiary alicyclic amines) is 1. The van der Waals surface area contributed by atoms with Crippen molar-refractivity contribution < 1.29 is 4.79 Å². The normalized spacial score (nSPS) is 17.6. The molecule has 1 aromatic carbocycles. The number of nitrogens with one attached hydrogen (secondary N) is 1. The Kier molecular flexibility index (Phi) is 5.68. The van der Waals surface area contributed by atoms with E-state index < -0.39 is 0 Å². The van der Waals surface area contributed by atoms with E-state index in [4.69, 9.17) is 0 Å². The van der Waals surface area contributed by atoms with E-state index in [2.05, 4.69) is 39.9 Å². The Morgan fingerprint density at radius 1 is 1.15 bits per heavy atom. The lowest BCUT2D eigenvalue weighted by Gasteiger charge is -2.30. The summed E-state index contributed by atoms with van der Waals surface area (Å²) in [5.41, 5.74) is 2.50. The maximum absolute atomic E-state index is 12.9. The predicted octanol–water partition coefficient (Wildman–Crippen LogP) is 5.17. The van der Waals surface area contributed by atoms with Crippen molar-refractivity contribution in [1.82, 2.24) is 15.2 Å². The van der Waals surface area contributed by atoms with Crippen molar-refractivity contribution in [3.05, 3.63) is 65.3 Å². The molecule has 2 aromatic heterocycles. The number of pyridine rings is 1. The largest absolute Gasteiger partial charge is 0.338 e. The molecule has 140 valence electrons. The first-order valence-corrected chi connectivity index (χ1v) is 10.6. The lowest BCUT2D eigenvalue weighted by Crippen LogP contribution is -2.42. The van der Waals surface area contributed by atoms with E-state index in [9.17, 15) is 4.79 Å². The minimum Gasteiger partial charge on any atom is -0.338 e. The van der Waals surface area contributed by atoms with Gasteiger partial charge in [0.2, 0.25) is 0 Å². The van der Waals surface area contributed by atoms with Gasteiger partial charge in [-0.25, -0.2) is 4.79 Å². The third kappa shape index (κ3) is 4.14. The second-order valence-electron chi connectivity index (χ2n) is 7.08. The van der Waals surface area contributed by atoms with Crippen molar-refractivity contribution in [3.8, 4) is 0 Å². The molecule has 3 heterocycles. The number of urea groups is 1. The number of benzene rings is 1. The zero-order valence-corrected chi connectivity index (χ0v) is 16.3. The van der Waals surface area contributed by atoms with Crippen LogP contribution in [0, 0.1) is 0 Å². The highest BCUT2D eigenvalue weighted by atomic mass is 32.1. The lowest BCUT2D eigenvalue weighted by molar-refractivity contribution is 0.176. The number of hydrogen-bond acceptors (Lipinski definition) is 3. The Labute approximate surface area is 164 Å². The molecule has 5 heteroatoms. The van der Waals surface area contributed by atoms with Gasteiger partial charge in [-0.3, -0.25) is 4.98 Å². The number of carbonyl (C=O) groups is 1. The second kappa shape index (κ2) is 8.53. The van der Waals surface area contributed by atoms with E-state index in [0.717, 1.165) is 32.2 Å². The first-order chi connectivity index (χ1) is 13.3. The third-order valence-electron chi connectivity index (χ3n) is 5.34. The molecule has 1 saturated heterocycles. The zero-order chi connectivity index (χ0) is 18.5. The van der Waals surface area contributed by atoms with Crippen molar-refractivity contribution in [2.24, 2.45) is 0 Å². The van der Waals surface area contributed by atoms with Crippen LogP contribution in [0.3, 0.4) is 0 Å². The molecule has 0 spiro atoms. The minimum atomic E-state index is 0.0539. The summed E-state index contributed by atoms with van der Waals surface area (Å²) in [7, 11) is 0. The van der Waals surface area contributed by atoms with E-state index in [1.54, 1.807) is 11.3 Å². The molecular formula is C22H25N3OS. The van der Waals surface area contributed by atoms with Crippen LogP contribution >= 0.6 is 11.3 Å². The fourth-order valence-corrected chi connectivity index (χ4v) is 4.91. The van der Waals surface area contributed by atoms with Gasteiger partial charge in [-0.1, -0.05) is 31.0 Å². The smallest absolute Gasteiger partial charge is 0.317 e. The fourth-order valence-electron chi connectivity index (χ4n) is 3.92. The summed E-state index contributed by atoms with van der Waals surface area (Å²) in [6.45, 7) is 1.49. The molecule has 0 bridgehead atoms. The average Bonchev–Trinajstić information content (AvgIpc) is 2.96. The number of aromatic nitrogens is 1. The number of nitrogens with zero attached hydrogens (tertiary/aromatic N) is 2. The van der Waals surface area contributed by atoms with Crippen molar-refractivity contribution in [2.75, 3.05) is 13.1 Å². The molecule has 3 aromatic rings. The topological polar surface area (TPSA) is 45.2 Å². The van der Waals surface area contributed by atoms with Gasteiger partial charge in [-0.15, -0.1) is 11.3 Å². The molecule has 1 aliphatic rings. The molecule has 2 amide bonds. The van der Waals surface area contributed by atoms with Crippen LogP contribution in [-0.4, -0.2) is 29.0 Å². The number of amides is 2. The fraction of sp³-hybridized carbons (Fsp3) is 0.364. The van der Waals surface area contributed by atoms with E-state index in [-0.39, 0.29) is 12.1 Å². The first kappa shape index (κ1) is 18.0. The van der Waals surface area contributed by atoms with Gasteiger partial charge in [0, 0.05) is 30.2 Å². The molecule has 0 radical (unpaired) electrons. The van der Waals surface area contributed by atoms with Crippen LogP contribution in [0.1, 0.15) is 42.9 Å². The Morgan fingerprint density at radius 2 is 2.00 bits per heavy atom. The van der Waals surface area contributed by atoms with E-state index in [1.165, 1.54) is 27.6 Å². The van der Waals surface area contributed by atoms with Gasteiger partial charge in [0.05, 0.1) is 6.04 Å². The Hall–Kier alpha value is -2.40. The van der Waals surface area contributed by atoms with Crippen LogP contribution in [0.5, 0.6) is 0 Å². The molecule has 1 atom stereocenters. The van der Waals surface area contributed by atoms with Crippen molar-refractivity contribution in [3.63, 3.8) is 0 Å². The number of thiophene rings is 1. The van der Waals surface area contributed by atoms with Gasteiger partial charge in [-0.2, -0.15) is 0 Å². The van der Waals surface area contributed by atoms with Crippen molar-refractivity contribution in [1.29, 1.82) is 0 Å². The summed E-state index contributed by atoms with van der Waals surface area (Å²) in [6.07, 6.45) is 8.94. The highest BCUT2D eigenvalue weighted by Gasteiger charge is 2.26. The minimum absolute atomic E-state index is 0.0539. The second-order valence-corrected chi connectivity index (χ2v) is 7.99. The SMILES string of the molecule is O=C(NCCc1csc2ccccc12)N1CCCCCC1c1ccncc1. The number of hydrogen-bond donors (Lipinski definition) is 1. The quantitative estimate of drug-likeness (QED) is 0.680. The predicted molar refractivity (Wildman–Crippen MR) is 111 cm³/mol. The van der Waals surface area contributed by atoms with Crippen LogP contribution in [0.4, 0.5) is 4.79 Å². The molecule has 4 nitrogen and oxygen atoms in total. The van der Waals surface area contributed by atoms with Crippen molar-refractivity contribution in [2.45, 2.75) is 38.1 Å². The summed E-state index contributed by atoms with van der Waals surface area (Å²) < 4.78 is 1.31. The van der Waals surface area contributed by atoms with Gasteiger partial charge >= 0.3 is 6.03 Å². The van der Waals surface area contributed by atoms with Crippen LogP contribution in [0.25, 0.3) is 10.1 Å². The van der Waals surface area contributed by atoms with Crippen LogP contribution in [-0.2, 0) is 6.42 Å². The molecule has 1 N–H and O–H groups in total. The molecule has 0 saturated carbocycles. The zero-order valence-electron chi connectivity index (χ0n) is 15.4. The van der Waals surface area contributed by atoms with Gasteiger partial charge in [0.25, 0.3) is 0 Å². The monoisotopic (exact) mass is 379 g/mol. The first-order valence-electron chi connectivity index (χ1n) is 9.72. The maximum Gasteiger partial charge on any atom is 0.317 e. The van der Waals surface area contributed by atoms with Crippen LogP contribution < -0.4 is 5.32 Å². The summed E-state index contributed by atoms with van der Waals surface area (Å²) in [6, 6.07) is 12.7. The standard InChI is InChI=1S/C22H25N3OS/c26-22(24-14-11-18-16-27-21-8-4-3-6-19(18)21)25-15-5-1-2-7-20(25)17-9-12-23-13-10-17/h3-4,6,8-10,12-13,16,20H,1-2,5,7,11,14-15H2,(H,24,26). The third-order valence-corrected chi connectivity index (χ3v) is 6.35. The van der Waals surface area contributed by atoms with Gasteiger partial charge in [0.1, 0.15) is 0 Å². The Balaban J connectivity index is 1.41. The number of carbonyl (C=O) groups excluding carboxylic acids is 1. The highest BCUT2D eigenvalue weighted by Crippen LogP contribution is 2.30. The number of rotatable bonds is 4. The van der Waals surface area contributed by atoms with Crippen molar-refractivity contribution >= 4 is 27.5 Å². The summed E-state index contributed by atoms with van der Waals surface area (Å²) in [5, 5.41) is 6.68. The summed E-state index contributed by atoms with van der Waals surface area (Å²) >= 11 is 1.77. The van der Waals surface area contributed by atoms with Crippen LogP contribution in [0.15, 0.2) is 54.2 Å². The average molecular weight is 380 g/mol. The molecule has 1 aliphatic heterocycles. The molecule has 27 heavy (non-hydrogen) atoms. The van der Waals surface area contributed by atoms with E-state index >= 15 is 0 Å². The molecular weight excluding hydrogens is 354 g/mol. The molecule has 4 rings (SSSR count). The Morgan fingerprint density at radius 3 is 2.89 bits per heavy atom.